The largest absolute Gasteiger partial charge is 0.489 e. The van der Waals surface area contributed by atoms with Crippen molar-refractivity contribution >= 4 is 11.4 Å². The van der Waals surface area contributed by atoms with Crippen molar-refractivity contribution in [1.29, 1.82) is 0 Å². The monoisotopic (exact) mass is 308 g/mol. The second-order valence-corrected chi connectivity index (χ2v) is 6.92. The van der Waals surface area contributed by atoms with Crippen LogP contribution in [0.1, 0.15) is 20.8 Å². The molecule has 0 aliphatic carbocycles. The maximum absolute atomic E-state index is 10.2. The van der Waals surface area contributed by atoms with Gasteiger partial charge in [0.1, 0.15) is 12.4 Å². The summed E-state index contributed by atoms with van der Waals surface area (Å²) in [6, 6.07) is 6.17. The van der Waals surface area contributed by atoms with E-state index in [0.717, 1.165) is 23.7 Å². The van der Waals surface area contributed by atoms with Gasteiger partial charge in [-0.05, 0) is 32.9 Å². The van der Waals surface area contributed by atoms with E-state index in [2.05, 4.69) is 21.9 Å². The minimum Gasteiger partial charge on any atom is -0.489 e. The summed E-state index contributed by atoms with van der Waals surface area (Å²) in [7, 11) is 4.02. The van der Waals surface area contributed by atoms with Gasteiger partial charge in [-0.3, -0.25) is 0 Å². The second kappa shape index (κ2) is 6.75. The van der Waals surface area contributed by atoms with Crippen LogP contribution in [-0.4, -0.2) is 57.2 Å². The Kier molecular flexibility index (Phi) is 5.19. The van der Waals surface area contributed by atoms with Gasteiger partial charge in [0.25, 0.3) is 0 Å². The number of anilines is 2. The second-order valence-electron chi connectivity index (χ2n) is 6.92. The Hall–Kier alpha value is -1.46. The average molecular weight is 308 g/mol. The van der Waals surface area contributed by atoms with Crippen LogP contribution in [0, 0.1) is 0 Å². The van der Waals surface area contributed by atoms with Crippen molar-refractivity contribution in [3.05, 3.63) is 18.2 Å². The molecule has 2 rings (SSSR count). The van der Waals surface area contributed by atoms with E-state index < -0.39 is 6.10 Å². The highest BCUT2D eigenvalue weighted by Gasteiger charge is 2.22. The molecular weight excluding hydrogens is 280 g/mol. The Labute approximate surface area is 133 Å². The van der Waals surface area contributed by atoms with Crippen LogP contribution in [0.4, 0.5) is 11.4 Å². The Morgan fingerprint density at radius 3 is 2.73 bits per heavy atom. The zero-order chi connectivity index (χ0) is 16.3. The van der Waals surface area contributed by atoms with Crippen LogP contribution in [-0.2, 0) is 4.74 Å². The van der Waals surface area contributed by atoms with Crippen molar-refractivity contribution in [3.63, 3.8) is 0 Å². The van der Waals surface area contributed by atoms with Gasteiger partial charge in [0.05, 0.1) is 30.5 Å². The Morgan fingerprint density at radius 1 is 1.36 bits per heavy atom. The van der Waals surface area contributed by atoms with Gasteiger partial charge in [0.2, 0.25) is 0 Å². The molecule has 1 aromatic carbocycles. The van der Waals surface area contributed by atoms with Crippen LogP contribution in [0.25, 0.3) is 0 Å². The first-order valence-corrected chi connectivity index (χ1v) is 7.77. The van der Waals surface area contributed by atoms with Crippen LogP contribution in [0.3, 0.4) is 0 Å². The number of hydrogen-bond donors (Lipinski definition) is 1. The number of aliphatic hydroxyl groups is 1. The number of ether oxygens (including phenoxy) is 2. The molecule has 0 saturated carbocycles. The maximum atomic E-state index is 10.2. The molecule has 0 amide bonds. The number of nitrogens with zero attached hydrogens (tertiary/aromatic N) is 2. The van der Waals surface area contributed by atoms with Crippen LogP contribution >= 0.6 is 0 Å². The third-order valence-corrected chi connectivity index (χ3v) is 3.56. The van der Waals surface area contributed by atoms with E-state index in [1.54, 1.807) is 0 Å². The van der Waals surface area contributed by atoms with Gasteiger partial charge in [-0.25, -0.2) is 0 Å². The number of rotatable bonds is 5. The van der Waals surface area contributed by atoms with E-state index in [-0.39, 0.29) is 5.60 Å². The fraction of sp³-hybridized carbons (Fsp3) is 0.647. The summed E-state index contributed by atoms with van der Waals surface area (Å²) in [5.74, 6) is 0.876. The lowest BCUT2D eigenvalue weighted by Crippen LogP contribution is -2.41. The molecule has 1 heterocycles. The zero-order valence-corrected chi connectivity index (χ0v) is 14.3. The van der Waals surface area contributed by atoms with Crippen LogP contribution < -0.4 is 14.5 Å². The number of benzene rings is 1. The molecule has 1 N–H and O–H groups in total. The molecule has 0 fully saturated rings. The third-order valence-electron chi connectivity index (χ3n) is 3.56. The number of β-amino-alcohol motifs (C(OH)–C–C–N with tert-alkyl or cyclic N) is 1. The molecule has 1 aliphatic heterocycles. The van der Waals surface area contributed by atoms with Gasteiger partial charge in [0, 0.05) is 32.4 Å². The van der Waals surface area contributed by atoms with Gasteiger partial charge >= 0.3 is 0 Å². The van der Waals surface area contributed by atoms with Crippen molar-refractivity contribution in [2.45, 2.75) is 32.5 Å². The Bertz CT molecular complexity index is 497. The predicted molar refractivity (Wildman–Crippen MR) is 90.2 cm³/mol. The van der Waals surface area contributed by atoms with Crippen molar-refractivity contribution < 1.29 is 14.6 Å². The minimum atomic E-state index is -0.515. The molecule has 5 heteroatoms. The molecule has 1 unspecified atom stereocenters. The lowest BCUT2D eigenvalue weighted by atomic mass is 10.1. The van der Waals surface area contributed by atoms with Crippen LogP contribution in [0.5, 0.6) is 5.75 Å². The van der Waals surface area contributed by atoms with Crippen LogP contribution in [0.2, 0.25) is 0 Å². The van der Waals surface area contributed by atoms with Gasteiger partial charge in [0.15, 0.2) is 0 Å². The predicted octanol–water partition coefficient (Wildman–Crippen LogP) is 2.13. The zero-order valence-electron chi connectivity index (χ0n) is 14.3. The number of fused-ring (bicyclic) bond motifs is 1. The SMILES string of the molecule is CN(C)c1ccc2c(c1)OCCN2CC(O)COC(C)(C)C. The highest BCUT2D eigenvalue weighted by atomic mass is 16.5. The summed E-state index contributed by atoms with van der Waals surface area (Å²) in [5, 5.41) is 10.2. The fourth-order valence-electron chi connectivity index (χ4n) is 2.39. The van der Waals surface area contributed by atoms with Crippen molar-refractivity contribution in [2.75, 3.05) is 50.2 Å². The van der Waals surface area contributed by atoms with Gasteiger partial charge in [-0.1, -0.05) is 0 Å². The first-order valence-electron chi connectivity index (χ1n) is 7.77. The molecule has 1 aliphatic rings. The molecule has 1 atom stereocenters. The summed E-state index contributed by atoms with van der Waals surface area (Å²) < 4.78 is 11.4. The summed E-state index contributed by atoms with van der Waals surface area (Å²) in [6.45, 7) is 8.28. The molecule has 22 heavy (non-hydrogen) atoms. The van der Waals surface area contributed by atoms with Crippen LogP contribution in [0.15, 0.2) is 18.2 Å². The minimum absolute atomic E-state index is 0.232. The Balaban J connectivity index is 2.03. The lowest BCUT2D eigenvalue weighted by molar-refractivity contribution is -0.0465. The molecule has 1 aromatic rings. The standard InChI is InChI=1S/C17H28N2O3/c1-17(2,3)22-12-14(20)11-19-8-9-21-16-10-13(18(4)5)6-7-15(16)19/h6-7,10,14,20H,8-9,11-12H2,1-5H3. The topological polar surface area (TPSA) is 45.2 Å². The fourth-order valence-corrected chi connectivity index (χ4v) is 2.39. The van der Waals surface area contributed by atoms with Gasteiger partial charge in [-0.15, -0.1) is 0 Å². The highest BCUT2D eigenvalue weighted by molar-refractivity contribution is 5.66. The number of hydrogen-bond acceptors (Lipinski definition) is 5. The lowest BCUT2D eigenvalue weighted by Gasteiger charge is -2.34. The molecule has 0 bridgehead atoms. The highest BCUT2D eigenvalue weighted by Crippen LogP contribution is 2.34. The smallest absolute Gasteiger partial charge is 0.144 e. The molecule has 124 valence electrons. The summed E-state index contributed by atoms with van der Waals surface area (Å²) in [6.07, 6.45) is -0.515. The van der Waals surface area contributed by atoms with E-state index in [0.29, 0.717) is 19.8 Å². The number of aliphatic hydroxyl groups excluding tert-OH is 1. The molecule has 0 spiro atoms. The molecule has 0 saturated heterocycles. The molecule has 5 nitrogen and oxygen atoms in total. The Morgan fingerprint density at radius 2 is 2.09 bits per heavy atom. The van der Waals surface area contributed by atoms with E-state index >= 15 is 0 Å². The summed E-state index contributed by atoms with van der Waals surface area (Å²) in [5.41, 5.74) is 1.91. The van der Waals surface area contributed by atoms with E-state index in [9.17, 15) is 5.11 Å². The van der Waals surface area contributed by atoms with Crippen molar-refractivity contribution in [1.82, 2.24) is 0 Å². The normalized spacial score (nSPS) is 16.0. The molecular formula is C17H28N2O3. The van der Waals surface area contributed by atoms with Gasteiger partial charge < -0.3 is 24.4 Å². The van der Waals surface area contributed by atoms with E-state index in [1.165, 1.54) is 0 Å². The van der Waals surface area contributed by atoms with Gasteiger partial charge in [-0.2, -0.15) is 0 Å². The van der Waals surface area contributed by atoms with Crippen molar-refractivity contribution in [2.24, 2.45) is 0 Å². The molecule has 0 radical (unpaired) electrons. The quantitative estimate of drug-likeness (QED) is 0.903. The first kappa shape index (κ1) is 16.9. The molecule has 0 aromatic heterocycles. The van der Waals surface area contributed by atoms with Crippen molar-refractivity contribution in [3.8, 4) is 5.75 Å². The average Bonchev–Trinajstić information content (AvgIpc) is 2.44. The maximum Gasteiger partial charge on any atom is 0.144 e. The summed E-state index contributed by atoms with van der Waals surface area (Å²) in [4.78, 5) is 4.21. The first-order chi connectivity index (χ1) is 10.3. The third kappa shape index (κ3) is 4.52. The summed E-state index contributed by atoms with van der Waals surface area (Å²) >= 11 is 0. The van der Waals surface area contributed by atoms with E-state index in [1.807, 2.05) is 40.9 Å². The van der Waals surface area contributed by atoms with E-state index in [4.69, 9.17) is 9.47 Å².